The van der Waals surface area contributed by atoms with Crippen LogP contribution < -0.4 is 20.7 Å². The third kappa shape index (κ3) is 5.39. The molecule has 6 aromatic carbocycles. The Labute approximate surface area is 322 Å². The standard InChI is InChI=1S/C51H49BN2/c1-49(2,3)37-28-30-41-46(33-37)53(43-25-16-14-23-39(43)35-19-10-8-11-20-35)45-27-18-32-51(7)48(45)52(41)42-31-29-38(50(4,5)6)34-47(42)54(51)44-26-17-15-24-40(44)36-21-12-9-13-22-36/h8-34,48H,1-7H3. The number of allylic oxidation sites excluding steroid dienone is 2. The Morgan fingerprint density at radius 3 is 1.57 bits per heavy atom. The summed E-state index contributed by atoms with van der Waals surface area (Å²) in [7, 11) is 0. The van der Waals surface area contributed by atoms with Gasteiger partial charge in [0, 0.05) is 39.7 Å². The molecule has 1 aliphatic carbocycles. The van der Waals surface area contributed by atoms with Gasteiger partial charge in [0.15, 0.2) is 0 Å². The summed E-state index contributed by atoms with van der Waals surface area (Å²) in [4.78, 5) is 5.31. The predicted molar refractivity (Wildman–Crippen MR) is 233 cm³/mol. The molecule has 6 aromatic rings. The maximum atomic E-state index is 2.69. The Balaban J connectivity index is 1.37. The van der Waals surface area contributed by atoms with E-state index in [9.17, 15) is 0 Å². The summed E-state index contributed by atoms with van der Waals surface area (Å²) in [5.41, 5.74) is 16.3. The lowest BCUT2D eigenvalue weighted by Crippen LogP contribution is -2.68. The van der Waals surface area contributed by atoms with Crippen LogP contribution in [0.15, 0.2) is 170 Å². The minimum atomic E-state index is -0.399. The quantitative estimate of drug-likeness (QED) is 0.169. The van der Waals surface area contributed by atoms with Crippen molar-refractivity contribution in [1.82, 2.24) is 0 Å². The van der Waals surface area contributed by atoms with Crippen molar-refractivity contribution in [3.05, 3.63) is 181 Å². The van der Waals surface area contributed by atoms with Gasteiger partial charge in [-0.05, 0) is 75.8 Å². The molecule has 0 amide bonds. The van der Waals surface area contributed by atoms with E-state index in [1.807, 2.05) is 0 Å². The van der Waals surface area contributed by atoms with E-state index in [4.69, 9.17) is 0 Å². The van der Waals surface area contributed by atoms with Crippen molar-refractivity contribution in [2.45, 2.75) is 70.7 Å². The van der Waals surface area contributed by atoms with Crippen molar-refractivity contribution in [3.8, 4) is 22.3 Å². The number of hydrogen-bond donors (Lipinski definition) is 0. The van der Waals surface area contributed by atoms with Gasteiger partial charge in [-0.25, -0.2) is 0 Å². The average molecular weight is 701 g/mol. The van der Waals surface area contributed by atoms with Crippen LogP contribution in [-0.2, 0) is 10.8 Å². The summed E-state index contributed by atoms with van der Waals surface area (Å²) in [5, 5.41) is 0. The molecule has 0 fully saturated rings. The van der Waals surface area contributed by atoms with Crippen molar-refractivity contribution >= 4 is 40.4 Å². The first-order chi connectivity index (χ1) is 25.9. The predicted octanol–water partition coefficient (Wildman–Crippen LogP) is 12.1. The number of anilines is 4. The first-order valence-electron chi connectivity index (χ1n) is 19.5. The van der Waals surface area contributed by atoms with Crippen LogP contribution in [0.4, 0.5) is 22.7 Å². The highest BCUT2D eigenvalue weighted by molar-refractivity contribution is 6.90. The van der Waals surface area contributed by atoms with E-state index in [0.717, 1.165) is 0 Å². The van der Waals surface area contributed by atoms with Gasteiger partial charge in [-0.1, -0.05) is 180 Å². The summed E-state index contributed by atoms with van der Waals surface area (Å²) in [6.45, 7) is 16.6. The summed E-state index contributed by atoms with van der Waals surface area (Å²) < 4.78 is 0. The smallest absolute Gasteiger partial charge is 0.226 e. The zero-order valence-corrected chi connectivity index (χ0v) is 32.6. The molecule has 0 N–H and O–H groups in total. The van der Waals surface area contributed by atoms with Gasteiger partial charge in [0.2, 0.25) is 6.71 Å². The molecule has 0 spiro atoms. The minimum absolute atomic E-state index is 0.00408. The molecule has 0 bridgehead atoms. The lowest BCUT2D eigenvalue weighted by Gasteiger charge is -2.58. The van der Waals surface area contributed by atoms with Gasteiger partial charge in [-0.2, -0.15) is 0 Å². The Morgan fingerprint density at radius 2 is 1.00 bits per heavy atom. The topological polar surface area (TPSA) is 6.48 Å². The molecule has 2 aliphatic heterocycles. The van der Waals surface area contributed by atoms with E-state index in [2.05, 4.69) is 222 Å². The first kappa shape index (κ1) is 34.2. The Kier molecular flexibility index (Phi) is 7.94. The van der Waals surface area contributed by atoms with Gasteiger partial charge in [-0.3, -0.25) is 0 Å². The van der Waals surface area contributed by atoms with Crippen LogP contribution in [0.25, 0.3) is 22.3 Å². The van der Waals surface area contributed by atoms with Crippen LogP contribution in [0.3, 0.4) is 0 Å². The van der Waals surface area contributed by atoms with Crippen LogP contribution in [0.1, 0.15) is 59.6 Å². The van der Waals surface area contributed by atoms with Gasteiger partial charge in [0.25, 0.3) is 0 Å². The van der Waals surface area contributed by atoms with Crippen molar-refractivity contribution in [2.75, 3.05) is 9.80 Å². The second-order valence-electron chi connectivity index (χ2n) is 17.6. The van der Waals surface area contributed by atoms with E-state index in [0.29, 0.717) is 0 Å². The third-order valence-electron chi connectivity index (χ3n) is 12.1. The van der Waals surface area contributed by atoms with E-state index in [1.165, 1.54) is 72.8 Å². The number of rotatable bonds is 4. The molecule has 0 radical (unpaired) electrons. The summed E-state index contributed by atoms with van der Waals surface area (Å²) in [5.74, 6) is 0.121. The fourth-order valence-electron chi connectivity index (χ4n) is 9.36. The number of fused-ring (bicyclic) bond motifs is 4. The fourth-order valence-corrected chi connectivity index (χ4v) is 9.36. The molecule has 3 heteroatoms. The Bertz CT molecular complexity index is 2450. The van der Waals surface area contributed by atoms with Crippen LogP contribution >= 0.6 is 0 Å². The largest absolute Gasteiger partial charge is 0.332 e. The Hall–Kier alpha value is -5.54. The van der Waals surface area contributed by atoms with E-state index in [-0.39, 0.29) is 23.4 Å². The number of nitrogens with zero attached hydrogens (tertiary/aromatic N) is 2. The fraction of sp³-hybridized carbons (Fsp3) is 0.216. The maximum Gasteiger partial charge on any atom is 0.226 e. The SMILES string of the molecule is CC(C)(C)c1ccc2c(c1)N(c1ccccc1-c1ccccc1)C1=CC=CC3(C)C1B2c1ccc(C(C)(C)C)cc1N3c1ccccc1-c1ccccc1. The highest BCUT2D eigenvalue weighted by atomic mass is 15.2. The summed E-state index contributed by atoms with van der Waals surface area (Å²) >= 11 is 0. The molecule has 2 atom stereocenters. The number of benzene rings is 6. The number of para-hydroxylation sites is 2. The second kappa shape index (κ2) is 12.5. The molecule has 2 nitrogen and oxygen atoms in total. The minimum Gasteiger partial charge on any atom is -0.332 e. The van der Waals surface area contributed by atoms with Gasteiger partial charge < -0.3 is 9.80 Å². The first-order valence-corrected chi connectivity index (χ1v) is 19.5. The van der Waals surface area contributed by atoms with E-state index >= 15 is 0 Å². The molecule has 3 aliphatic rings. The van der Waals surface area contributed by atoms with Crippen molar-refractivity contribution in [1.29, 1.82) is 0 Å². The van der Waals surface area contributed by atoms with Crippen molar-refractivity contribution in [3.63, 3.8) is 0 Å². The maximum absolute atomic E-state index is 2.69. The average Bonchev–Trinajstić information content (AvgIpc) is 3.17. The number of hydrogen-bond acceptors (Lipinski definition) is 2. The monoisotopic (exact) mass is 700 g/mol. The normalized spacial score (nSPS) is 18.8. The lowest BCUT2D eigenvalue weighted by molar-refractivity contribution is 0.535. The molecule has 2 heterocycles. The highest BCUT2D eigenvalue weighted by Gasteiger charge is 2.57. The van der Waals surface area contributed by atoms with Crippen LogP contribution in [0.2, 0.25) is 5.82 Å². The molecule has 266 valence electrons. The molecular formula is C51H49BN2. The van der Waals surface area contributed by atoms with Gasteiger partial charge in [0.05, 0.1) is 11.2 Å². The molecule has 54 heavy (non-hydrogen) atoms. The Morgan fingerprint density at radius 1 is 0.519 bits per heavy atom. The summed E-state index contributed by atoms with van der Waals surface area (Å²) in [6.07, 6.45) is 7.22. The lowest BCUT2D eigenvalue weighted by atomic mass is 9.26. The highest BCUT2D eigenvalue weighted by Crippen LogP contribution is 2.57. The van der Waals surface area contributed by atoms with Gasteiger partial charge in [-0.15, -0.1) is 0 Å². The third-order valence-corrected chi connectivity index (χ3v) is 12.1. The zero-order chi connectivity index (χ0) is 37.4. The van der Waals surface area contributed by atoms with Gasteiger partial charge in [0.1, 0.15) is 0 Å². The second-order valence-corrected chi connectivity index (χ2v) is 17.6. The molecule has 0 aromatic heterocycles. The van der Waals surface area contributed by atoms with Gasteiger partial charge >= 0.3 is 0 Å². The molecule has 0 saturated heterocycles. The van der Waals surface area contributed by atoms with Crippen LogP contribution in [-0.4, -0.2) is 12.3 Å². The van der Waals surface area contributed by atoms with E-state index < -0.39 is 5.54 Å². The van der Waals surface area contributed by atoms with Crippen LogP contribution in [0.5, 0.6) is 0 Å². The molecular weight excluding hydrogens is 651 g/mol. The van der Waals surface area contributed by atoms with Crippen LogP contribution in [0, 0.1) is 0 Å². The summed E-state index contributed by atoms with van der Waals surface area (Å²) in [6, 6.07) is 54.5. The van der Waals surface area contributed by atoms with Crippen molar-refractivity contribution < 1.29 is 0 Å². The molecule has 9 rings (SSSR count). The van der Waals surface area contributed by atoms with Crippen molar-refractivity contribution in [2.24, 2.45) is 0 Å². The van der Waals surface area contributed by atoms with E-state index in [1.54, 1.807) is 0 Å². The molecule has 2 unspecified atom stereocenters. The molecule has 0 saturated carbocycles. The zero-order valence-electron chi connectivity index (χ0n) is 32.6.